The Bertz CT molecular complexity index is 163. The minimum Gasteiger partial charge on any atom is -0.453 e. The van der Waals surface area contributed by atoms with Crippen LogP contribution in [0.15, 0.2) is 0 Å². The Kier molecular flexibility index (Phi) is 7.09. The van der Waals surface area contributed by atoms with Gasteiger partial charge < -0.3 is 25.6 Å². The maximum atomic E-state index is 10.8. The zero-order valence-electron chi connectivity index (χ0n) is 8.49. The molecule has 0 saturated heterocycles. The summed E-state index contributed by atoms with van der Waals surface area (Å²) in [5.41, 5.74) is 0. The summed E-state index contributed by atoms with van der Waals surface area (Å²) in [6, 6.07) is -0.296. The van der Waals surface area contributed by atoms with E-state index in [2.05, 4.69) is 15.4 Å². The van der Waals surface area contributed by atoms with Gasteiger partial charge in [-0.3, -0.25) is 0 Å². The number of aliphatic hydroxyl groups excluding tert-OH is 1. The van der Waals surface area contributed by atoms with Crippen molar-refractivity contribution in [2.75, 3.05) is 20.7 Å². The van der Waals surface area contributed by atoms with Crippen LogP contribution < -0.4 is 10.6 Å². The number of ether oxygens (including phenoxy) is 1. The molecule has 1 atom stereocenters. The molecule has 0 heterocycles. The van der Waals surface area contributed by atoms with E-state index >= 15 is 0 Å². The topological polar surface area (TPSA) is 90.8 Å². The lowest BCUT2D eigenvalue weighted by molar-refractivity contribution is -0.0515. The molecule has 0 unspecified atom stereocenters. The Labute approximate surface area is 83.3 Å². The number of hydrogen-bond donors (Lipinski definition) is 4. The van der Waals surface area contributed by atoms with Gasteiger partial charge in [0.1, 0.15) is 0 Å². The smallest absolute Gasteiger partial charge is 0.407 e. The Morgan fingerprint density at radius 3 is 2.57 bits per heavy atom. The Hall–Kier alpha value is -0.850. The number of alkyl carbamates (subject to hydrolysis) is 1. The third-order valence-corrected chi connectivity index (χ3v) is 1.75. The fourth-order valence-electron chi connectivity index (χ4n) is 1.05. The van der Waals surface area contributed by atoms with Gasteiger partial charge >= 0.3 is 6.09 Å². The summed E-state index contributed by atoms with van der Waals surface area (Å²) >= 11 is 0. The molecule has 0 rings (SSSR count). The molecule has 14 heavy (non-hydrogen) atoms. The van der Waals surface area contributed by atoms with Crippen LogP contribution in [0.3, 0.4) is 0 Å². The van der Waals surface area contributed by atoms with Crippen LogP contribution in [0.25, 0.3) is 0 Å². The monoisotopic (exact) mass is 206 g/mol. The van der Waals surface area contributed by atoms with Gasteiger partial charge in [-0.05, 0) is 20.0 Å². The maximum absolute atomic E-state index is 10.8. The van der Waals surface area contributed by atoms with Crippen LogP contribution in [0.1, 0.15) is 12.8 Å². The highest BCUT2D eigenvalue weighted by molar-refractivity contribution is 5.67. The first-order valence-electron chi connectivity index (χ1n) is 4.45. The molecule has 6 nitrogen and oxygen atoms in total. The average molecular weight is 206 g/mol. The highest BCUT2D eigenvalue weighted by Crippen LogP contribution is 2.00. The molecule has 0 radical (unpaired) electrons. The van der Waals surface area contributed by atoms with Crippen LogP contribution in [0, 0.1) is 0 Å². The average Bonchev–Trinajstić information content (AvgIpc) is 2.13. The molecule has 0 aromatic carbocycles. The third-order valence-electron chi connectivity index (χ3n) is 1.75. The van der Waals surface area contributed by atoms with Gasteiger partial charge in [0.15, 0.2) is 6.29 Å². The normalized spacial score (nSPS) is 12.6. The number of carbonyl (C=O) groups is 1. The molecular weight excluding hydrogens is 188 g/mol. The van der Waals surface area contributed by atoms with Gasteiger partial charge in [-0.15, -0.1) is 0 Å². The number of methoxy groups -OCH3 is 1. The number of hydrogen-bond acceptors (Lipinski definition) is 5. The van der Waals surface area contributed by atoms with E-state index in [1.165, 1.54) is 7.11 Å². The van der Waals surface area contributed by atoms with Crippen LogP contribution >= 0.6 is 0 Å². The summed E-state index contributed by atoms with van der Waals surface area (Å²) in [6.07, 6.45) is -1.28. The van der Waals surface area contributed by atoms with Gasteiger partial charge in [0.2, 0.25) is 0 Å². The third kappa shape index (κ3) is 6.64. The van der Waals surface area contributed by atoms with E-state index in [-0.39, 0.29) is 12.5 Å². The van der Waals surface area contributed by atoms with Crippen LogP contribution in [-0.2, 0) is 4.74 Å². The zero-order valence-corrected chi connectivity index (χ0v) is 8.49. The van der Waals surface area contributed by atoms with E-state index in [4.69, 9.17) is 10.2 Å². The molecule has 0 aliphatic heterocycles. The molecule has 0 bridgehead atoms. The minimum absolute atomic E-state index is 0.0940. The van der Waals surface area contributed by atoms with Crippen molar-refractivity contribution in [2.45, 2.75) is 25.2 Å². The lowest BCUT2D eigenvalue weighted by Crippen LogP contribution is -2.39. The predicted octanol–water partition coefficient (Wildman–Crippen LogP) is -0.979. The quantitative estimate of drug-likeness (QED) is 0.419. The fraction of sp³-hybridized carbons (Fsp3) is 0.875. The number of amides is 1. The van der Waals surface area contributed by atoms with E-state index in [1.807, 2.05) is 0 Å². The van der Waals surface area contributed by atoms with Gasteiger partial charge in [-0.1, -0.05) is 0 Å². The number of aliphatic hydroxyl groups is 2. The highest BCUT2D eigenvalue weighted by atomic mass is 16.5. The molecule has 0 aromatic rings. The van der Waals surface area contributed by atoms with Crippen LogP contribution in [-0.4, -0.2) is 49.3 Å². The zero-order chi connectivity index (χ0) is 11.0. The highest BCUT2D eigenvalue weighted by Gasteiger charge is 2.14. The lowest BCUT2D eigenvalue weighted by Gasteiger charge is -2.18. The predicted molar refractivity (Wildman–Crippen MR) is 50.7 cm³/mol. The molecule has 4 N–H and O–H groups in total. The van der Waals surface area contributed by atoms with E-state index < -0.39 is 12.4 Å². The van der Waals surface area contributed by atoms with Crippen molar-refractivity contribution < 1.29 is 19.7 Å². The maximum Gasteiger partial charge on any atom is 0.407 e. The fourth-order valence-corrected chi connectivity index (χ4v) is 1.05. The molecule has 84 valence electrons. The van der Waals surface area contributed by atoms with E-state index in [1.54, 1.807) is 7.05 Å². The standard InChI is InChI=1S/C8H18N2O4/c1-9-4-3-6(5-7(11)12)10-8(13)14-2/h6-7,9,11-12H,3-5H2,1-2H3,(H,10,13)/t6-/m0/s1. The Morgan fingerprint density at radius 1 is 1.50 bits per heavy atom. The molecule has 0 fully saturated rings. The van der Waals surface area contributed by atoms with E-state index in [9.17, 15) is 4.79 Å². The summed E-state index contributed by atoms with van der Waals surface area (Å²) in [4.78, 5) is 10.8. The van der Waals surface area contributed by atoms with Gasteiger partial charge in [0.25, 0.3) is 0 Å². The van der Waals surface area contributed by atoms with Crippen LogP contribution in [0.2, 0.25) is 0 Å². The summed E-state index contributed by atoms with van der Waals surface area (Å²) in [5.74, 6) is 0. The second kappa shape index (κ2) is 7.54. The first-order chi connectivity index (χ1) is 6.60. The number of nitrogens with one attached hydrogen (secondary N) is 2. The summed E-state index contributed by atoms with van der Waals surface area (Å²) < 4.78 is 4.41. The van der Waals surface area contributed by atoms with Crippen molar-refractivity contribution in [3.63, 3.8) is 0 Å². The van der Waals surface area contributed by atoms with E-state index in [0.717, 1.165) is 0 Å². The Balaban J connectivity index is 3.89. The van der Waals surface area contributed by atoms with Crippen LogP contribution in [0.5, 0.6) is 0 Å². The van der Waals surface area contributed by atoms with Crippen molar-refractivity contribution in [3.8, 4) is 0 Å². The summed E-state index contributed by atoms with van der Waals surface area (Å²) in [6.45, 7) is 0.682. The van der Waals surface area contributed by atoms with Crippen LogP contribution in [0.4, 0.5) is 4.79 Å². The first kappa shape index (κ1) is 13.2. The molecule has 0 aliphatic carbocycles. The van der Waals surface area contributed by atoms with Gasteiger partial charge in [0, 0.05) is 12.5 Å². The Morgan fingerprint density at radius 2 is 2.14 bits per heavy atom. The molecule has 0 saturated carbocycles. The van der Waals surface area contributed by atoms with E-state index in [0.29, 0.717) is 13.0 Å². The van der Waals surface area contributed by atoms with Gasteiger partial charge in [-0.2, -0.15) is 0 Å². The molecule has 0 aromatic heterocycles. The minimum atomic E-state index is -1.42. The lowest BCUT2D eigenvalue weighted by atomic mass is 10.1. The number of rotatable bonds is 6. The van der Waals surface area contributed by atoms with Crippen molar-refractivity contribution in [2.24, 2.45) is 0 Å². The first-order valence-corrected chi connectivity index (χ1v) is 4.45. The second-order valence-electron chi connectivity index (χ2n) is 2.94. The molecule has 0 aliphatic rings. The summed E-state index contributed by atoms with van der Waals surface area (Å²) in [5, 5.41) is 22.9. The number of carbonyl (C=O) groups excluding carboxylic acids is 1. The van der Waals surface area contributed by atoms with Crippen molar-refractivity contribution in [1.82, 2.24) is 10.6 Å². The van der Waals surface area contributed by atoms with Crippen molar-refractivity contribution in [3.05, 3.63) is 0 Å². The second-order valence-corrected chi connectivity index (χ2v) is 2.94. The van der Waals surface area contributed by atoms with Crippen molar-refractivity contribution >= 4 is 6.09 Å². The van der Waals surface area contributed by atoms with Crippen molar-refractivity contribution in [1.29, 1.82) is 0 Å². The van der Waals surface area contributed by atoms with Gasteiger partial charge in [-0.25, -0.2) is 4.79 Å². The van der Waals surface area contributed by atoms with Gasteiger partial charge in [0.05, 0.1) is 7.11 Å². The summed E-state index contributed by atoms with van der Waals surface area (Å²) in [7, 11) is 3.05. The largest absolute Gasteiger partial charge is 0.453 e. The molecule has 6 heteroatoms. The molecule has 1 amide bonds. The molecule has 0 spiro atoms. The SMILES string of the molecule is CNCC[C@@H](CC(O)O)NC(=O)OC. The molecular formula is C8H18N2O4.